The van der Waals surface area contributed by atoms with E-state index in [1.54, 1.807) is 35.2 Å². The van der Waals surface area contributed by atoms with E-state index in [0.29, 0.717) is 5.69 Å². The molecule has 1 aromatic heterocycles. The van der Waals surface area contributed by atoms with Crippen molar-refractivity contribution in [1.29, 1.82) is 0 Å². The van der Waals surface area contributed by atoms with Crippen LogP contribution in [0.1, 0.15) is 5.56 Å². The molecule has 0 aliphatic carbocycles. The Morgan fingerprint density at radius 1 is 1.36 bits per heavy atom. The summed E-state index contributed by atoms with van der Waals surface area (Å²) in [6.45, 7) is -0.309. The average Bonchev–Trinajstić information content (AvgIpc) is 3.04. The first-order valence-corrected chi connectivity index (χ1v) is 8.65. The van der Waals surface area contributed by atoms with E-state index in [-0.39, 0.29) is 12.5 Å². The van der Waals surface area contributed by atoms with Gasteiger partial charge in [0, 0.05) is 16.7 Å². The Bertz CT molecular complexity index is 666. The molecule has 1 heterocycles. The van der Waals surface area contributed by atoms with E-state index >= 15 is 0 Å². The van der Waals surface area contributed by atoms with E-state index in [0.717, 1.165) is 10.5 Å². The van der Waals surface area contributed by atoms with Crippen molar-refractivity contribution >= 4 is 46.7 Å². The molecule has 0 atom stereocenters. The number of amides is 1. The van der Waals surface area contributed by atoms with Crippen molar-refractivity contribution in [2.24, 2.45) is 0 Å². The van der Waals surface area contributed by atoms with Crippen LogP contribution < -0.4 is 5.32 Å². The topological polar surface area (TPSA) is 55.4 Å². The number of ether oxygens (including phenoxy) is 1. The van der Waals surface area contributed by atoms with E-state index in [9.17, 15) is 9.59 Å². The lowest BCUT2D eigenvalue weighted by atomic mass is 10.3. The Morgan fingerprint density at radius 3 is 2.95 bits per heavy atom. The SMILES string of the molecule is CSc1cccc(NC(=O)COC(=O)/C=C/c2ccsc2)c1. The fourth-order valence-corrected chi connectivity index (χ4v) is 2.70. The zero-order chi connectivity index (χ0) is 15.8. The van der Waals surface area contributed by atoms with Crippen molar-refractivity contribution in [2.75, 3.05) is 18.2 Å². The molecule has 0 saturated heterocycles. The summed E-state index contributed by atoms with van der Waals surface area (Å²) in [4.78, 5) is 24.3. The second-order valence-corrected chi connectivity index (χ2v) is 5.94. The molecule has 1 N–H and O–H groups in total. The number of thiophene rings is 1. The Labute approximate surface area is 137 Å². The number of esters is 1. The van der Waals surface area contributed by atoms with E-state index < -0.39 is 5.97 Å². The summed E-state index contributed by atoms with van der Waals surface area (Å²) in [6, 6.07) is 9.35. The highest BCUT2D eigenvalue weighted by Gasteiger charge is 2.06. The van der Waals surface area contributed by atoms with Crippen molar-refractivity contribution in [3.05, 3.63) is 52.7 Å². The molecule has 1 amide bonds. The monoisotopic (exact) mass is 333 g/mol. The molecule has 0 bridgehead atoms. The molecule has 0 saturated carbocycles. The van der Waals surface area contributed by atoms with Crippen LogP contribution in [0.15, 0.2) is 52.1 Å². The normalized spacial score (nSPS) is 10.6. The van der Waals surface area contributed by atoms with E-state index in [2.05, 4.69) is 5.32 Å². The van der Waals surface area contributed by atoms with Gasteiger partial charge in [-0.25, -0.2) is 4.79 Å². The van der Waals surface area contributed by atoms with Crippen LogP contribution in [0.2, 0.25) is 0 Å². The quantitative estimate of drug-likeness (QED) is 0.498. The zero-order valence-electron chi connectivity index (χ0n) is 11.9. The van der Waals surface area contributed by atoms with Gasteiger partial charge >= 0.3 is 5.97 Å². The molecular formula is C16H15NO3S2. The molecule has 6 heteroatoms. The molecule has 2 aromatic rings. The largest absolute Gasteiger partial charge is 0.452 e. The van der Waals surface area contributed by atoms with Gasteiger partial charge in [-0.05, 0) is 52.9 Å². The zero-order valence-corrected chi connectivity index (χ0v) is 13.6. The molecule has 22 heavy (non-hydrogen) atoms. The van der Waals surface area contributed by atoms with Crippen LogP contribution >= 0.6 is 23.1 Å². The summed E-state index contributed by atoms with van der Waals surface area (Å²) in [7, 11) is 0. The fraction of sp³-hybridized carbons (Fsp3) is 0.125. The highest BCUT2D eigenvalue weighted by atomic mass is 32.2. The van der Waals surface area contributed by atoms with Gasteiger partial charge in [-0.1, -0.05) is 6.07 Å². The van der Waals surface area contributed by atoms with Gasteiger partial charge in [0.1, 0.15) is 0 Å². The lowest BCUT2D eigenvalue weighted by Crippen LogP contribution is -2.20. The molecule has 0 fully saturated rings. The lowest BCUT2D eigenvalue weighted by molar-refractivity contribution is -0.142. The molecule has 1 aromatic carbocycles. The molecular weight excluding hydrogens is 318 g/mol. The summed E-state index contributed by atoms with van der Waals surface area (Å²) in [5, 5.41) is 6.52. The molecule has 0 unspecified atom stereocenters. The van der Waals surface area contributed by atoms with Crippen molar-refractivity contribution in [3.8, 4) is 0 Å². The lowest BCUT2D eigenvalue weighted by Gasteiger charge is -2.06. The van der Waals surface area contributed by atoms with E-state index in [1.165, 1.54) is 6.08 Å². The molecule has 114 valence electrons. The maximum absolute atomic E-state index is 11.7. The summed E-state index contributed by atoms with van der Waals surface area (Å²) in [5.41, 5.74) is 1.61. The summed E-state index contributed by atoms with van der Waals surface area (Å²) < 4.78 is 4.89. The number of hydrogen-bond acceptors (Lipinski definition) is 5. The molecule has 0 aliphatic rings. The number of carbonyl (C=O) groups is 2. The number of anilines is 1. The summed E-state index contributed by atoms with van der Waals surface area (Å²) in [5.74, 6) is -0.908. The van der Waals surface area contributed by atoms with Crippen LogP contribution in [0.5, 0.6) is 0 Å². The Kier molecular flexibility index (Phi) is 6.24. The third-order valence-electron chi connectivity index (χ3n) is 2.65. The van der Waals surface area contributed by atoms with Gasteiger partial charge in [0.2, 0.25) is 0 Å². The summed E-state index contributed by atoms with van der Waals surface area (Å²) >= 11 is 3.13. The third kappa shape index (κ3) is 5.38. The molecule has 0 radical (unpaired) electrons. The minimum absolute atomic E-state index is 0.309. The summed E-state index contributed by atoms with van der Waals surface area (Å²) in [6.07, 6.45) is 4.92. The maximum Gasteiger partial charge on any atom is 0.331 e. The number of rotatable bonds is 6. The number of hydrogen-bond donors (Lipinski definition) is 1. The molecule has 2 rings (SSSR count). The Balaban J connectivity index is 1.78. The van der Waals surface area contributed by atoms with Gasteiger partial charge in [-0.3, -0.25) is 4.79 Å². The van der Waals surface area contributed by atoms with Crippen LogP contribution in [0.25, 0.3) is 6.08 Å². The van der Waals surface area contributed by atoms with Crippen molar-refractivity contribution < 1.29 is 14.3 Å². The van der Waals surface area contributed by atoms with Gasteiger partial charge in [0.15, 0.2) is 6.61 Å². The van der Waals surface area contributed by atoms with Gasteiger partial charge in [-0.15, -0.1) is 11.8 Å². The highest BCUT2D eigenvalue weighted by molar-refractivity contribution is 7.98. The maximum atomic E-state index is 11.7. The first-order valence-electron chi connectivity index (χ1n) is 6.48. The van der Waals surface area contributed by atoms with Gasteiger partial charge in [0.05, 0.1) is 0 Å². The van der Waals surface area contributed by atoms with Crippen LogP contribution in [-0.4, -0.2) is 24.7 Å². The predicted octanol–water partition coefficient (Wildman–Crippen LogP) is 3.67. The van der Waals surface area contributed by atoms with Crippen LogP contribution in [0, 0.1) is 0 Å². The van der Waals surface area contributed by atoms with Gasteiger partial charge in [0.25, 0.3) is 5.91 Å². The molecule has 4 nitrogen and oxygen atoms in total. The standard InChI is InChI=1S/C16H15NO3S2/c1-21-14-4-2-3-13(9-14)17-15(18)10-20-16(19)6-5-12-7-8-22-11-12/h2-9,11H,10H2,1H3,(H,17,18)/b6-5+. The smallest absolute Gasteiger partial charge is 0.331 e. The first-order chi connectivity index (χ1) is 10.7. The Morgan fingerprint density at radius 2 is 2.23 bits per heavy atom. The Hall–Kier alpha value is -2.05. The van der Waals surface area contributed by atoms with Crippen LogP contribution in [0.4, 0.5) is 5.69 Å². The molecule has 0 aliphatic heterocycles. The first kappa shape index (κ1) is 16.3. The van der Waals surface area contributed by atoms with Gasteiger partial charge in [-0.2, -0.15) is 11.3 Å². The van der Waals surface area contributed by atoms with Crippen LogP contribution in [0.3, 0.4) is 0 Å². The average molecular weight is 333 g/mol. The second-order valence-electron chi connectivity index (χ2n) is 4.28. The molecule has 0 spiro atoms. The van der Waals surface area contributed by atoms with Crippen molar-refractivity contribution in [3.63, 3.8) is 0 Å². The minimum atomic E-state index is -0.542. The predicted molar refractivity (Wildman–Crippen MR) is 91.2 cm³/mol. The second kappa shape index (κ2) is 8.41. The highest BCUT2D eigenvalue weighted by Crippen LogP contribution is 2.18. The van der Waals surface area contributed by atoms with Gasteiger partial charge < -0.3 is 10.1 Å². The van der Waals surface area contributed by atoms with E-state index in [4.69, 9.17) is 4.74 Å². The van der Waals surface area contributed by atoms with E-state index in [1.807, 2.05) is 41.3 Å². The minimum Gasteiger partial charge on any atom is -0.452 e. The van der Waals surface area contributed by atoms with Crippen molar-refractivity contribution in [1.82, 2.24) is 0 Å². The van der Waals surface area contributed by atoms with Crippen LogP contribution in [-0.2, 0) is 14.3 Å². The number of nitrogens with one attached hydrogen (secondary N) is 1. The fourth-order valence-electron chi connectivity index (χ4n) is 1.62. The number of carbonyl (C=O) groups excluding carboxylic acids is 2. The number of benzene rings is 1. The van der Waals surface area contributed by atoms with Crippen molar-refractivity contribution in [2.45, 2.75) is 4.90 Å². The third-order valence-corrected chi connectivity index (χ3v) is 4.08. The number of thioether (sulfide) groups is 1.